The maximum atomic E-state index is 12.6. The number of rotatable bonds is 6. The van der Waals surface area contributed by atoms with Crippen molar-refractivity contribution >= 4 is 27.9 Å². The first-order valence-corrected chi connectivity index (χ1v) is 10.00. The summed E-state index contributed by atoms with van der Waals surface area (Å²) in [6.45, 7) is 0.369. The predicted octanol–water partition coefficient (Wildman–Crippen LogP) is 0.999. The van der Waals surface area contributed by atoms with Gasteiger partial charge in [-0.25, -0.2) is 0 Å². The van der Waals surface area contributed by atoms with Crippen LogP contribution in [0.2, 0.25) is 5.02 Å². The summed E-state index contributed by atoms with van der Waals surface area (Å²) in [5, 5.41) is 11.5. The quantitative estimate of drug-likeness (QED) is 0.722. The van der Waals surface area contributed by atoms with E-state index in [1.165, 1.54) is 0 Å². The molecule has 3 rings (SSSR count). The Morgan fingerprint density at radius 1 is 1.44 bits per heavy atom. The van der Waals surface area contributed by atoms with E-state index < -0.39 is 16.4 Å². The molecule has 2 N–H and O–H groups in total. The number of sulfonamides is 1. The molecule has 0 spiro atoms. The van der Waals surface area contributed by atoms with Crippen LogP contribution in [0.3, 0.4) is 0 Å². The van der Waals surface area contributed by atoms with Crippen LogP contribution in [-0.4, -0.2) is 31.5 Å². The summed E-state index contributed by atoms with van der Waals surface area (Å²) in [6.07, 6.45) is 2.31. The van der Waals surface area contributed by atoms with Crippen molar-refractivity contribution in [2.45, 2.75) is 32.0 Å². The minimum absolute atomic E-state index is 0.00388. The highest BCUT2D eigenvalue weighted by atomic mass is 35.5. The summed E-state index contributed by atoms with van der Waals surface area (Å²) in [6, 6.07) is 6.83. The Hall–Kier alpha value is -1.81. The summed E-state index contributed by atoms with van der Waals surface area (Å²) in [4.78, 5) is 12.6. The molecule has 1 aliphatic rings. The van der Waals surface area contributed by atoms with Crippen LogP contribution in [0.15, 0.2) is 24.3 Å². The minimum atomic E-state index is -3.35. The Bertz CT molecular complexity index is 834. The van der Waals surface area contributed by atoms with E-state index in [0.29, 0.717) is 36.1 Å². The summed E-state index contributed by atoms with van der Waals surface area (Å²) >= 11 is 5.94. The van der Waals surface area contributed by atoms with Gasteiger partial charge in [0.05, 0.1) is 0 Å². The van der Waals surface area contributed by atoms with Crippen LogP contribution in [0.25, 0.3) is 0 Å². The normalized spacial score (nSPS) is 18.6. The number of carbonyl (C=O) groups excluding carboxylic acids is 1. The first-order valence-electron chi connectivity index (χ1n) is 7.73. The topological polar surface area (TPSA) is 112 Å². The molecular weight excluding hydrogens is 366 g/mol. The van der Waals surface area contributed by atoms with Gasteiger partial charge in [0.25, 0.3) is 0 Å². The fourth-order valence-electron chi connectivity index (χ4n) is 2.80. The van der Waals surface area contributed by atoms with Crippen LogP contribution in [0, 0.1) is 0 Å². The second kappa shape index (κ2) is 7.20. The fourth-order valence-corrected chi connectivity index (χ4v) is 3.41. The number of hydrogen-bond acceptors (Lipinski definition) is 5. The number of aromatic nitrogens is 3. The highest BCUT2D eigenvalue weighted by Crippen LogP contribution is 2.26. The number of nitrogens with zero attached hydrogens (tertiary/aromatic N) is 3. The summed E-state index contributed by atoms with van der Waals surface area (Å²) < 4.78 is 26.6. The Morgan fingerprint density at radius 2 is 2.24 bits per heavy atom. The number of amides is 1. The molecule has 10 heteroatoms. The Morgan fingerprint density at radius 3 is 2.96 bits per heavy atom. The van der Waals surface area contributed by atoms with E-state index in [1.807, 2.05) is 12.1 Å². The van der Waals surface area contributed by atoms with Crippen molar-refractivity contribution in [3.8, 4) is 0 Å². The second-order valence-electron chi connectivity index (χ2n) is 5.90. The molecule has 2 aromatic rings. The van der Waals surface area contributed by atoms with Crippen LogP contribution in [0.4, 0.5) is 0 Å². The molecule has 8 nitrogen and oxygen atoms in total. The lowest BCUT2D eigenvalue weighted by atomic mass is 10.2. The van der Waals surface area contributed by atoms with Gasteiger partial charge in [0.1, 0.15) is 35.1 Å². The maximum Gasteiger partial charge on any atom is 0.243 e. The molecule has 2 atom stereocenters. The molecular formula is C15H18ClN5O3S. The van der Waals surface area contributed by atoms with Gasteiger partial charge >= 0.3 is 0 Å². The van der Waals surface area contributed by atoms with Gasteiger partial charge in [-0.15, -0.1) is 14.9 Å². The van der Waals surface area contributed by atoms with Gasteiger partial charge < -0.3 is 14.4 Å². The van der Waals surface area contributed by atoms with E-state index in [2.05, 4.69) is 20.2 Å². The lowest BCUT2D eigenvalue weighted by Crippen LogP contribution is -2.33. The molecule has 1 aromatic carbocycles. The van der Waals surface area contributed by atoms with E-state index in [4.69, 9.17) is 11.6 Å². The Labute approximate surface area is 151 Å². The number of halogens is 1. The highest BCUT2D eigenvalue weighted by Gasteiger charge is 2.32. The average molecular weight is 384 g/mol. The van der Waals surface area contributed by atoms with Gasteiger partial charge in [-0.05, 0) is 24.1 Å². The molecule has 1 aromatic heterocycles. The van der Waals surface area contributed by atoms with E-state index >= 15 is 0 Å². The number of aryl methyl sites for hydroxylation is 1. The standard InChI is InChI=1S/C15H18ClN5O3S/c1-25(23,24)18-9-14-20-19-13-6-5-12(21(13)14)15(22)17-8-10-3-2-4-11(16)7-10/h2-4,7,12H,5-6,8-9H2,1H3,(H2-,17,18,22,23,24). The van der Waals surface area contributed by atoms with E-state index in [1.54, 1.807) is 16.7 Å². The highest BCUT2D eigenvalue weighted by molar-refractivity contribution is 7.95. The molecule has 0 aliphatic carbocycles. The third-order valence-electron chi connectivity index (χ3n) is 3.94. The number of nitrogens with one attached hydrogen (secondary N) is 2. The molecule has 2 unspecified atom stereocenters. The molecule has 0 radical (unpaired) electrons. The Balaban J connectivity index is 1.68. The van der Waals surface area contributed by atoms with Crippen molar-refractivity contribution in [2.24, 2.45) is 0 Å². The first kappa shape index (κ1) is 18.0. The number of hydrogen-bond donors (Lipinski definition) is 2. The monoisotopic (exact) mass is 383 g/mol. The molecule has 2 heterocycles. The van der Waals surface area contributed by atoms with Crippen molar-refractivity contribution in [1.82, 2.24) is 24.8 Å². The molecule has 134 valence electrons. The van der Waals surface area contributed by atoms with Crippen molar-refractivity contribution in [2.75, 3.05) is 6.26 Å². The fraction of sp³-hybridized carbons (Fsp3) is 0.400. The van der Waals surface area contributed by atoms with E-state index in [9.17, 15) is 13.6 Å². The first-order chi connectivity index (χ1) is 11.8. The van der Waals surface area contributed by atoms with Gasteiger partial charge in [-0.3, -0.25) is 4.79 Å². The zero-order chi connectivity index (χ0) is 18.0. The van der Waals surface area contributed by atoms with Gasteiger partial charge in [0.2, 0.25) is 5.91 Å². The SMILES string of the molecule is C[S+](=O)([O-])NCc1nnc2n1C(C(=O)NCc1cccc(Cl)c1)CC2. The van der Waals surface area contributed by atoms with Crippen LogP contribution in [0.5, 0.6) is 0 Å². The lowest BCUT2D eigenvalue weighted by Gasteiger charge is -2.16. The van der Waals surface area contributed by atoms with Crippen LogP contribution in [0.1, 0.15) is 29.7 Å². The Kier molecular flexibility index (Phi) is 5.19. The molecule has 25 heavy (non-hydrogen) atoms. The zero-order valence-electron chi connectivity index (χ0n) is 13.6. The summed E-state index contributed by atoms with van der Waals surface area (Å²) in [5.41, 5.74) is 0.904. The zero-order valence-corrected chi connectivity index (χ0v) is 15.1. The van der Waals surface area contributed by atoms with Gasteiger partial charge in [0, 0.05) is 18.0 Å². The van der Waals surface area contributed by atoms with Crippen molar-refractivity contribution < 1.29 is 13.6 Å². The minimum Gasteiger partial charge on any atom is -0.598 e. The van der Waals surface area contributed by atoms with Crippen LogP contribution in [-0.2, 0) is 38.9 Å². The molecule has 0 fully saturated rings. The molecule has 1 amide bonds. The maximum absolute atomic E-state index is 12.6. The summed E-state index contributed by atoms with van der Waals surface area (Å²) in [5.74, 6) is 0.966. The van der Waals surface area contributed by atoms with Gasteiger partial charge in [0.15, 0.2) is 5.82 Å². The van der Waals surface area contributed by atoms with E-state index in [-0.39, 0.29) is 12.5 Å². The number of carbonyl (C=O) groups is 1. The molecule has 0 bridgehead atoms. The van der Waals surface area contributed by atoms with Gasteiger partial charge in [-0.2, -0.15) is 0 Å². The van der Waals surface area contributed by atoms with Crippen LogP contribution < -0.4 is 10.0 Å². The molecule has 0 saturated heterocycles. The third kappa shape index (κ3) is 4.43. The number of benzene rings is 1. The molecule has 0 saturated carbocycles. The van der Waals surface area contributed by atoms with Crippen LogP contribution >= 0.6 is 11.6 Å². The van der Waals surface area contributed by atoms with Crippen molar-refractivity contribution in [3.63, 3.8) is 0 Å². The smallest absolute Gasteiger partial charge is 0.243 e. The van der Waals surface area contributed by atoms with Crippen molar-refractivity contribution in [3.05, 3.63) is 46.5 Å². The van der Waals surface area contributed by atoms with Gasteiger partial charge in [-0.1, -0.05) is 27.9 Å². The number of fused-ring (bicyclic) bond motifs is 1. The summed E-state index contributed by atoms with van der Waals surface area (Å²) in [7, 11) is -3.35. The average Bonchev–Trinajstić information content (AvgIpc) is 3.12. The molecule has 1 aliphatic heterocycles. The second-order valence-corrected chi connectivity index (χ2v) is 8.17. The lowest BCUT2D eigenvalue weighted by molar-refractivity contribution is -0.124. The largest absolute Gasteiger partial charge is 0.598 e. The van der Waals surface area contributed by atoms with Crippen molar-refractivity contribution in [1.29, 1.82) is 0 Å². The third-order valence-corrected chi connectivity index (χ3v) is 4.84. The van der Waals surface area contributed by atoms with E-state index in [0.717, 1.165) is 11.8 Å². The predicted molar refractivity (Wildman–Crippen MR) is 92.3 cm³/mol.